The Bertz CT molecular complexity index is 1530. The Morgan fingerprint density at radius 1 is 0.857 bits per heavy atom. The van der Waals surface area contributed by atoms with Gasteiger partial charge in [0.15, 0.2) is 12.6 Å². The van der Waals surface area contributed by atoms with Gasteiger partial charge < -0.3 is 38.8 Å². The molecule has 0 saturated carbocycles. The van der Waals surface area contributed by atoms with Gasteiger partial charge in [-0.2, -0.15) is 4.31 Å². The Kier molecular flexibility index (Phi) is 11.4. The predicted molar refractivity (Wildman–Crippen MR) is 175 cm³/mol. The zero-order valence-electron chi connectivity index (χ0n) is 27.6. The number of aliphatic hydroxyl groups excluding tert-OH is 1. The fraction of sp³-hybridized carbons (Fsp3) is 0.588. The van der Waals surface area contributed by atoms with Gasteiger partial charge in [-0.1, -0.05) is 44.2 Å². The van der Waals surface area contributed by atoms with E-state index in [1.165, 1.54) is 28.6 Å². The molecule has 3 N–H and O–H groups in total. The minimum atomic E-state index is -4.10. The van der Waals surface area contributed by atoms with Gasteiger partial charge >= 0.3 is 12.2 Å². The lowest BCUT2D eigenvalue weighted by Gasteiger charge is -2.31. The topological polar surface area (TPSA) is 171 Å². The first-order valence-corrected chi connectivity index (χ1v) is 18.2. The van der Waals surface area contributed by atoms with Crippen molar-refractivity contribution in [2.75, 3.05) is 44.8 Å². The summed E-state index contributed by atoms with van der Waals surface area (Å²) < 4.78 is 62.5. The van der Waals surface area contributed by atoms with Crippen molar-refractivity contribution in [3.63, 3.8) is 0 Å². The largest absolute Gasteiger partial charge is 0.443 e. The molecule has 4 aliphatic rings. The number of sulfonamides is 1. The fourth-order valence-electron chi connectivity index (χ4n) is 6.73. The summed E-state index contributed by atoms with van der Waals surface area (Å²) >= 11 is 0. The number of nitrogens with zero attached hydrogens (tertiary/aromatic N) is 1. The second kappa shape index (κ2) is 15.7. The van der Waals surface area contributed by atoms with Gasteiger partial charge in [-0.25, -0.2) is 18.0 Å². The zero-order chi connectivity index (χ0) is 34.5. The van der Waals surface area contributed by atoms with Crippen LogP contribution in [0, 0.1) is 17.8 Å². The van der Waals surface area contributed by atoms with E-state index in [2.05, 4.69) is 10.6 Å². The van der Waals surface area contributed by atoms with Crippen LogP contribution in [0.4, 0.5) is 15.3 Å². The van der Waals surface area contributed by atoms with Gasteiger partial charge in [0, 0.05) is 18.8 Å². The molecule has 4 saturated heterocycles. The first-order chi connectivity index (χ1) is 23.6. The number of anilines is 1. The smallest absolute Gasteiger partial charge is 0.411 e. The van der Waals surface area contributed by atoms with Crippen molar-refractivity contribution in [2.24, 2.45) is 17.8 Å². The molecule has 0 radical (unpaired) electrons. The molecule has 0 aromatic heterocycles. The average Bonchev–Trinajstić information content (AvgIpc) is 3.87. The summed E-state index contributed by atoms with van der Waals surface area (Å²) in [5.74, 6) is -0.138. The van der Waals surface area contributed by atoms with Gasteiger partial charge in [0.25, 0.3) is 0 Å². The lowest BCUT2D eigenvalue weighted by molar-refractivity contribution is -0.0909. The van der Waals surface area contributed by atoms with E-state index in [9.17, 15) is 23.1 Å². The molecule has 15 heteroatoms. The van der Waals surface area contributed by atoms with Crippen molar-refractivity contribution >= 4 is 27.9 Å². The SMILES string of the molecule is CC(C)CN(CC(O)C(Cc1ccccc1)NC(=O)OC1COC2OCCC12)S(=O)(=O)c1ccc(NC(=O)OC2COC3OCCC23)cc1. The molecule has 2 aromatic carbocycles. The summed E-state index contributed by atoms with van der Waals surface area (Å²) in [5, 5.41) is 17.0. The van der Waals surface area contributed by atoms with Crippen molar-refractivity contribution in [2.45, 2.75) is 74.9 Å². The molecule has 6 rings (SSSR count). The van der Waals surface area contributed by atoms with Crippen LogP contribution in [-0.4, -0.2) is 106 Å². The highest BCUT2D eigenvalue weighted by molar-refractivity contribution is 7.89. The van der Waals surface area contributed by atoms with Crippen LogP contribution in [0.5, 0.6) is 0 Å². The van der Waals surface area contributed by atoms with Crippen LogP contribution in [0.25, 0.3) is 0 Å². The van der Waals surface area contributed by atoms with Crippen LogP contribution in [-0.2, 0) is 44.9 Å². The van der Waals surface area contributed by atoms with Gasteiger partial charge in [-0.15, -0.1) is 0 Å². The molecular formula is C34H45N3O11S. The molecule has 4 heterocycles. The maximum Gasteiger partial charge on any atom is 0.411 e. The summed E-state index contributed by atoms with van der Waals surface area (Å²) in [6.45, 7) is 5.15. The Balaban J connectivity index is 1.11. The van der Waals surface area contributed by atoms with Gasteiger partial charge in [-0.3, -0.25) is 5.32 Å². The Hall–Kier alpha value is -3.31. The van der Waals surface area contributed by atoms with Crippen LogP contribution in [0.3, 0.4) is 0 Å². The number of fused-ring (bicyclic) bond motifs is 2. The monoisotopic (exact) mass is 703 g/mol. The van der Waals surface area contributed by atoms with E-state index in [0.717, 1.165) is 12.0 Å². The van der Waals surface area contributed by atoms with Crippen LogP contribution >= 0.6 is 0 Å². The number of hydrogen-bond acceptors (Lipinski definition) is 11. The number of alkyl carbamates (subject to hydrolysis) is 1. The third-order valence-electron chi connectivity index (χ3n) is 9.25. The summed E-state index contributed by atoms with van der Waals surface area (Å²) in [6.07, 6.45) is -2.63. The maximum absolute atomic E-state index is 14.0. The standard InChI is InChI=1S/C34H45N3O11S/c1-21(2)17-37(49(41,42)24-10-8-23(9-11-24)35-33(39)47-29-19-45-31-25(29)12-14-43-31)18-28(38)27(16-22-6-4-3-5-7-22)36-34(40)48-30-20-46-32-26(30)13-15-44-32/h3-11,21,25-32,38H,12-20H2,1-2H3,(H,35,39)(H,36,40). The van der Waals surface area contributed by atoms with Crippen molar-refractivity contribution < 1.29 is 51.5 Å². The predicted octanol–water partition coefficient (Wildman–Crippen LogP) is 3.10. The summed E-state index contributed by atoms with van der Waals surface area (Å²) in [4.78, 5) is 25.7. The molecule has 4 fully saturated rings. The summed E-state index contributed by atoms with van der Waals surface area (Å²) in [5.41, 5.74) is 1.20. The lowest BCUT2D eigenvalue weighted by atomic mass is 10.0. The molecule has 0 bridgehead atoms. The van der Waals surface area contributed by atoms with Crippen molar-refractivity contribution in [3.8, 4) is 0 Å². The van der Waals surface area contributed by atoms with Crippen LogP contribution in [0.1, 0.15) is 32.3 Å². The quantitative estimate of drug-likeness (QED) is 0.280. The number of amides is 2. The molecule has 2 aromatic rings. The molecule has 14 nitrogen and oxygen atoms in total. The van der Waals surface area contributed by atoms with E-state index in [0.29, 0.717) is 25.3 Å². The van der Waals surface area contributed by atoms with Crippen LogP contribution in [0.2, 0.25) is 0 Å². The Labute approximate surface area is 286 Å². The van der Waals surface area contributed by atoms with Crippen molar-refractivity contribution in [1.82, 2.24) is 9.62 Å². The Morgan fingerprint density at radius 2 is 1.45 bits per heavy atom. The van der Waals surface area contributed by atoms with E-state index in [4.69, 9.17) is 28.4 Å². The first kappa shape index (κ1) is 35.5. The lowest BCUT2D eigenvalue weighted by Crippen LogP contribution is -2.51. The van der Waals surface area contributed by atoms with Gasteiger partial charge in [-0.05, 0) is 55.0 Å². The second-order valence-electron chi connectivity index (χ2n) is 13.3. The number of carbonyl (C=O) groups excluding carboxylic acids is 2. The number of nitrogens with one attached hydrogen (secondary N) is 2. The summed E-state index contributed by atoms with van der Waals surface area (Å²) in [7, 11) is -4.10. The third kappa shape index (κ3) is 8.71. The molecule has 49 heavy (non-hydrogen) atoms. The van der Waals surface area contributed by atoms with E-state index in [1.54, 1.807) is 0 Å². The minimum Gasteiger partial charge on any atom is -0.443 e. The minimum absolute atomic E-state index is 0.00891. The number of carbonyl (C=O) groups is 2. The number of rotatable bonds is 13. The molecule has 4 aliphatic heterocycles. The van der Waals surface area contributed by atoms with Gasteiger partial charge in [0.1, 0.15) is 12.2 Å². The second-order valence-corrected chi connectivity index (χ2v) is 15.2. The van der Waals surface area contributed by atoms with Crippen LogP contribution < -0.4 is 10.6 Å². The molecule has 8 unspecified atom stereocenters. The third-order valence-corrected chi connectivity index (χ3v) is 11.1. The number of ether oxygens (including phenoxy) is 6. The van der Waals surface area contributed by atoms with E-state index < -0.39 is 46.6 Å². The normalized spacial score (nSPS) is 27.4. The molecule has 8 atom stereocenters. The molecular weight excluding hydrogens is 658 g/mol. The van der Waals surface area contributed by atoms with Crippen molar-refractivity contribution in [3.05, 3.63) is 60.2 Å². The highest BCUT2D eigenvalue weighted by Gasteiger charge is 2.45. The highest BCUT2D eigenvalue weighted by Crippen LogP contribution is 2.34. The number of benzene rings is 2. The zero-order valence-corrected chi connectivity index (χ0v) is 28.5. The van der Waals surface area contributed by atoms with Gasteiger partial charge in [0.2, 0.25) is 10.0 Å². The fourth-order valence-corrected chi connectivity index (χ4v) is 8.35. The molecule has 0 spiro atoms. The van der Waals surface area contributed by atoms with E-state index in [-0.39, 0.29) is 68.0 Å². The number of hydrogen-bond donors (Lipinski definition) is 3. The van der Waals surface area contributed by atoms with Crippen molar-refractivity contribution in [1.29, 1.82) is 0 Å². The van der Waals surface area contributed by atoms with Gasteiger partial charge in [0.05, 0.1) is 55.3 Å². The van der Waals surface area contributed by atoms with E-state index >= 15 is 0 Å². The van der Waals surface area contributed by atoms with Crippen LogP contribution in [0.15, 0.2) is 59.5 Å². The van der Waals surface area contributed by atoms with E-state index in [1.807, 2.05) is 44.2 Å². The maximum atomic E-state index is 14.0. The molecule has 2 amide bonds. The Morgan fingerprint density at radius 3 is 2.04 bits per heavy atom. The summed E-state index contributed by atoms with van der Waals surface area (Å²) in [6, 6.07) is 14.2. The first-order valence-electron chi connectivity index (χ1n) is 16.8. The molecule has 0 aliphatic carbocycles. The average molecular weight is 704 g/mol. The molecule has 268 valence electrons. The number of aliphatic hydroxyl groups is 1. The highest BCUT2D eigenvalue weighted by atomic mass is 32.2.